The number of carboxylic acids is 1. The summed E-state index contributed by atoms with van der Waals surface area (Å²) < 4.78 is 25.8. The van der Waals surface area contributed by atoms with E-state index in [0.717, 1.165) is 12.1 Å². The van der Waals surface area contributed by atoms with Crippen molar-refractivity contribution >= 4 is 17.7 Å². The lowest BCUT2D eigenvalue weighted by Gasteiger charge is -2.18. The summed E-state index contributed by atoms with van der Waals surface area (Å²) in [6.45, 7) is 2.96. The third kappa shape index (κ3) is 4.53. The average Bonchev–Trinajstić information content (AvgIpc) is 2.25. The van der Waals surface area contributed by atoms with Crippen LogP contribution in [0, 0.1) is 17.6 Å². The van der Waals surface area contributed by atoms with Crippen LogP contribution < -0.4 is 10.6 Å². The molecule has 2 atom stereocenters. The molecule has 7 heteroatoms. The molecule has 19 heavy (non-hydrogen) atoms. The molecule has 0 saturated heterocycles. The van der Waals surface area contributed by atoms with Crippen LogP contribution in [0.4, 0.5) is 19.3 Å². The highest BCUT2D eigenvalue weighted by Gasteiger charge is 2.20. The Balaban J connectivity index is 2.62. The number of rotatable bonds is 4. The maximum absolute atomic E-state index is 12.9. The molecule has 1 aromatic rings. The molecule has 0 aliphatic rings. The van der Waals surface area contributed by atoms with E-state index in [-0.39, 0.29) is 5.69 Å². The van der Waals surface area contributed by atoms with Gasteiger partial charge >= 0.3 is 12.0 Å². The fraction of sp³-hybridized carbons (Fsp3) is 0.333. The number of hydrogen-bond acceptors (Lipinski definition) is 2. The number of benzene rings is 1. The van der Waals surface area contributed by atoms with Gasteiger partial charge in [0.25, 0.3) is 0 Å². The van der Waals surface area contributed by atoms with Crippen molar-refractivity contribution in [2.24, 2.45) is 5.92 Å². The highest BCUT2D eigenvalue weighted by atomic mass is 19.1. The molecule has 0 heterocycles. The monoisotopic (exact) mass is 272 g/mol. The molecular formula is C12H14F2N2O3. The van der Waals surface area contributed by atoms with Crippen molar-refractivity contribution < 1.29 is 23.5 Å². The van der Waals surface area contributed by atoms with Crippen molar-refractivity contribution in [1.29, 1.82) is 0 Å². The zero-order valence-corrected chi connectivity index (χ0v) is 10.4. The van der Waals surface area contributed by atoms with Crippen LogP contribution in [0.15, 0.2) is 18.2 Å². The number of hydrogen-bond donors (Lipinski definition) is 3. The van der Waals surface area contributed by atoms with Gasteiger partial charge in [-0.2, -0.15) is 0 Å². The molecule has 0 aromatic heterocycles. The van der Waals surface area contributed by atoms with Crippen molar-refractivity contribution in [3.8, 4) is 0 Å². The first-order valence-electron chi connectivity index (χ1n) is 5.56. The summed E-state index contributed by atoms with van der Waals surface area (Å²) in [7, 11) is 0. The highest BCUT2D eigenvalue weighted by molar-refractivity contribution is 5.89. The second kappa shape index (κ2) is 6.12. The summed E-state index contributed by atoms with van der Waals surface area (Å²) in [5.41, 5.74) is -0.0508. The van der Waals surface area contributed by atoms with Crippen LogP contribution in [-0.4, -0.2) is 23.1 Å². The van der Waals surface area contributed by atoms with E-state index in [4.69, 9.17) is 5.11 Å². The van der Waals surface area contributed by atoms with E-state index in [9.17, 15) is 18.4 Å². The van der Waals surface area contributed by atoms with Gasteiger partial charge in [0.1, 0.15) is 11.6 Å². The quantitative estimate of drug-likeness (QED) is 0.786. The minimum absolute atomic E-state index is 0.0508. The molecule has 0 spiro atoms. The highest BCUT2D eigenvalue weighted by Crippen LogP contribution is 2.13. The van der Waals surface area contributed by atoms with Crippen LogP contribution in [0.2, 0.25) is 0 Å². The summed E-state index contributed by atoms with van der Waals surface area (Å²) in [5.74, 6) is -3.47. The fourth-order valence-electron chi connectivity index (χ4n) is 1.34. The van der Waals surface area contributed by atoms with Crippen LogP contribution in [-0.2, 0) is 4.79 Å². The molecule has 0 bridgehead atoms. The van der Waals surface area contributed by atoms with Gasteiger partial charge in [0.05, 0.1) is 5.92 Å². The van der Waals surface area contributed by atoms with Gasteiger partial charge in [-0.25, -0.2) is 13.6 Å². The van der Waals surface area contributed by atoms with E-state index < -0.39 is 35.6 Å². The minimum atomic E-state index is -1.05. The van der Waals surface area contributed by atoms with Gasteiger partial charge in [0.2, 0.25) is 0 Å². The van der Waals surface area contributed by atoms with Gasteiger partial charge in [-0.15, -0.1) is 0 Å². The molecule has 3 N–H and O–H groups in total. The Hall–Kier alpha value is -2.18. The number of anilines is 1. The predicted octanol–water partition coefficient (Wildman–Crippen LogP) is 2.20. The number of amides is 2. The van der Waals surface area contributed by atoms with Crippen molar-refractivity contribution in [3.63, 3.8) is 0 Å². The van der Waals surface area contributed by atoms with Crippen LogP contribution >= 0.6 is 0 Å². The van der Waals surface area contributed by atoms with E-state index in [1.165, 1.54) is 13.8 Å². The van der Waals surface area contributed by atoms with Gasteiger partial charge in [0.15, 0.2) is 0 Å². The van der Waals surface area contributed by atoms with E-state index in [1.807, 2.05) is 0 Å². The van der Waals surface area contributed by atoms with Crippen molar-refractivity contribution in [2.75, 3.05) is 5.32 Å². The number of aliphatic carboxylic acids is 1. The second-order valence-electron chi connectivity index (χ2n) is 4.17. The SMILES string of the molecule is CC(NC(=O)Nc1cc(F)cc(F)c1)C(C)C(=O)O. The van der Waals surface area contributed by atoms with Crippen molar-refractivity contribution in [2.45, 2.75) is 19.9 Å². The number of halogens is 2. The first-order chi connectivity index (χ1) is 8.79. The molecule has 2 unspecified atom stereocenters. The molecule has 1 rings (SSSR count). The van der Waals surface area contributed by atoms with Gasteiger partial charge in [-0.1, -0.05) is 0 Å². The minimum Gasteiger partial charge on any atom is -0.481 e. The molecule has 0 saturated carbocycles. The summed E-state index contributed by atoms with van der Waals surface area (Å²) >= 11 is 0. The fourth-order valence-corrected chi connectivity index (χ4v) is 1.34. The summed E-state index contributed by atoms with van der Waals surface area (Å²) in [6.07, 6.45) is 0. The predicted molar refractivity (Wildman–Crippen MR) is 64.8 cm³/mol. The lowest BCUT2D eigenvalue weighted by Crippen LogP contribution is -2.42. The molecule has 5 nitrogen and oxygen atoms in total. The lowest BCUT2D eigenvalue weighted by atomic mass is 10.0. The molecule has 104 valence electrons. The molecular weight excluding hydrogens is 258 g/mol. The maximum atomic E-state index is 12.9. The zero-order valence-electron chi connectivity index (χ0n) is 10.4. The maximum Gasteiger partial charge on any atom is 0.319 e. The van der Waals surface area contributed by atoms with Gasteiger partial charge in [0, 0.05) is 17.8 Å². The molecule has 1 aromatic carbocycles. The molecule has 0 fully saturated rings. The molecule has 0 aliphatic carbocycles. The smallest absolute Gasteiger partial charge is 0.319 e. The van der Waals surface area contributed by atoms with E-state index in [1.54, 1.807) is 0 Å². The Morgan fingerprint density at radius 2 is 1.68 bits per heavy atom. The van der Waals surface area contributed by atoms with Crippen LogP contribution in [0.5, 0.6) is 0 Å². The molecule has 2 amide bonds. The topological polar surface area (TPSA) is 78.4 Å². The number of carbonyl (C=O) groups excluding carboxylic acids is 1. The first-order valence-corrected chi connectivity index (χ1v) is 5.56. The Kier molecular flexibility index (Phi) is 4.80. The Morgan fingerprint density at radius 3 is 2.16 bits per heavy atom. The third-order valence-electron chi connectivity index (χ3n) is 2.62. The average molecular weight is 272 g/mol. The Labute approximate surface area is 108 Å². The van der Waals surface area contributed by atoms with Crippen LogP contribution in [0.3, 0.4) is 0 Å². The van der Waals surface area contributed by atoms with E-state index in [2.05, 4.69) is 10.6 Å². The van der Waals surface area contributed by atoms with Crippen LogP contribution in [0.25, 0.3) is 0 Å². The number of carbonyl (C=O) groups is 2. The Bertz CT molecular complexity index is 474. The number of urea groups is 1. The summed E-state index contributed by atoms with van der Waals surface area (Å²) in [6, 6.07) is 1.22. The molecule has 0 radical (unpaired) electrons. The third-order valence-corrected chi connectivity index (χ3v) is 2.62. The van der Waals surface area contributed by atoms with Gasteiger partial charge < -0.3 is 15.7 Å². The largest absolute Gasteiger partial charge is 0.481 e. The number of carboxylic acid groups (broad SMARTS) is 1. The number of nitrogens with one attached hydrogen (secondary N) is 2. The normalized spacial score (nSPS) is 13.5. The van der Waals surface area contributed by atoms with Gasteiger partial charge in [-0.3, -0.25) is 4.79 Å². The van der Waals surface area contributed by atoms with Gasteiger partial charge in [-0.05, 0) is 26.0 Å². The standard InChI is InChI=1S/C12H14F2N2O3/c1-6(11(17)18)7(2)15-12(19)16-10-4-8(13)3-9(14)5-10/h3-7H,1-2H3,(H,17,18)(H2,15,16,19). The van der Waals surface area contributed by atoms with E-state index >= 15 is 0 Å². The van der Waals surface area contributed by atoms with Crippen LogP contribution in [0.1, 0.15) is 13.8 Å². The Morgan fingerprint density at radius 1 is 1.16 bits per heavy atom. The summed E-state index contributed by atoms with van der Waals surface area (Å²) in [5, 5.41) is 13.4. The summed E-state index contributed by atoms with van der Waals surface area (Å²) in [4.78, 5) is 22.2. The van der Waals surface area contributed by atoms with E-state index in [0.29, 0.717) is 6.07 Å². The zero-order chi connectivity index (χ0) is 14.6. The first kappa shape index (κ1) is 14.9. The molecule has 0 aliphatic heterocycles. The van der Waals surface area contributed by atoms with Crippen molar-refractivity contribution in [3.05, 3.63) is 29.8 Å². The van der Waals surface area contributed by atoms with Crippen molar-refractivity contribution in [1.82, 2.24) is 5.32 Å². The lowest BCUT2D eigenvalue weighted by molar-refractivity contribution is -0.141. The second-order valence-corrected chi connectivity index (χ2v) is 4.17.